The van der Waals surface area contributed by atoms with E-state index in [2.05, 4.69) is 20.7 Å². The van der Waals surface area contributed by atoms with Gasteiger partial charge in [0.1, 0.15) is 70.3 Å². The quantitative estimate of drug-likeness (QED) is 0.0111. The SMILES string of the molecule is CC(C)(C)OC(=O)CC[C@H](NC(=O)[C@@H]1CCCN1S(=O)(=O)c1ccc([N+](=O)[O-])cc1)C(=O)O.CC(C)(C)OC(=O)[C@@H]1CCCN1.CC(C)(C)OC(=O)[C@@H]1CCCN1S(=O)(=O)c1ccc([N+](=O)[O-])cc1.COC(=O)[C@@H](N)CCC(=O)OC(C)(C)C.COC(=O)[C@H](CCC(=O)OC(C)(C)C)NC(=O)[C@@H]1CCCN1S(=O)(=O)c1ccc([N+](=O)[O-])cc1.Cl.O=[N+]([O-])c1ccc(S(=O)(=O)Cl)cc1. The van der Waals surface area contributed by atoms with Crippen LogP contribution in [0.2, 0.25) is 0 Å². The summed E-state index contributed by atoms with van der Waals surface area (Å²) >= 11 is 0. The van der Waals surface area contributed by atoms with Gasteiger partial charge < -0.3 is 59.9 Å². The number of esters is 7. The minimum Gasteiger partial charge on any atom is -0.480 e. The fraction of sp³-hybridized carbons (Fsp3) is 0.580. The van der Waals surface area contributed by atoms with Crippen molar-refractivity contribution in [1.82, 2.24) is 28.9 Å². The van der Waals surface area contributed by atoms with E-state index >= 15 is 0 Å². The van der Waals surface area contributed by atoms with E-state index in [4.69, 9.17) is 44.8 Å². The van der Waals surface area contributed by atoms with Gasteiger partial charge in [-0.3, -0.25) is 78.8 Å². The summed E-state index contributed by atoms with van der Waals surface area (Å²) in [5.74, 6) is -6.39. The first-order valence-electron chi connectivity index (χ1n) is 40.7. The van der Waals surface area contributed by atoms with Gasteiger partial charge in [-0.1, -0.05) is 0 Å². The number of nitrogens with zero attached hydrogens (tertiary/aromatic N) is 7. The van der Waals surface area contributed by atoms with E-state index in [1.165, 1.54) is 19.2 Å². The number of rotatable bonds is 29. The van der Waals surface area contributed by atoms with E-state index in [0.29, 0.717) is 25.7 Å². The molecular weight excluding hydrogens is 1870 g/mol. The number of amides is 2. The van der Waals surface area contributed by atoms with Crippen LogP contribution in [-0.4, -0.2) is 242 Å². The normalized spacial score (nSPS) is 17.3. The summed E-state index contributed by atoms with van der Waals surface area (Å²) in [7, 11) is -8.60. The average molecular weight is 1990 g/mol. The predicted molar refractivity (Wildman–Crippen MR) is 475 cm³/mol. The lowest BCUT2D eigenvalue weighted by atomic mass is 10.1. The lowest BCUT2D eigenvalue weighted by Crippen LogP contribution is -2.51. The highest BCUT2D eigenvalue weighted by Gasteiger charge is 2.45. The zero-order chi connectivity index (χ0) is 100. The second kappa shape index (κ2) is 51.0. The Labute approximate surface area is 775 Å². The number of nitrogens with one attached hydrogen (secondary N) is 3. The molecule has 45 nitrogen and oxygen atoms in total. The molecule has 0 spiro atoms. The van der Waals surface area contributed by atoms with Gasteiger partial charge in [0.2, 0.25) is 41.9 Å². The molecule has 2 amide bonds. The number of sulfonamides is 3. The Kier molecular flexibility index (Phi) is 45.4. The minimum absolute atomic E-state index is 0. The first kappa shape index (κ1) is 117. The van der Waals surface area contributed by atoms with Crippen LogP contribution in [0.4, 0.5) is 22.7 Å². The Morgan fingerprint density at radius 3 is 0.992 bits per heavy atom. The number of ether oxygens (including phenoxy) is 7. The number of hydrogen-bond acceptors (Lipinski definition) is 35. The maximum absolute atomic E-state index is 13.1. The largest absolute Gasteiger partial charge is 0.480 e. The van der Waals surface area contributed by atoms with Gasteiger partial charge >= 0.3 is 47.8 Å². The number of benzene rings is 4. The van der Waals surface area contributed by atoms with Gasteiger partial charge in [0, 0.05) is 98.1 Å². The van der Waals surface area contributed by atoms with Crippen molar-refractivity contribution in [2.24, 2.45) is 5.73 Å². The molecule has 0 saturated carbocycles. The molecule has 0 unspecified atom stereocenters. The minimum atomic E-state index is -4.15. The van der Waals surface area contributed by atoms with Crippen LogP contribution in [0.3, 0.4) is 0 Å². The molecule has 8 rings (SSSR count). The number of aliphatic carboxylic acids is 1. The third kappa shape index (κ3) is 40.0. The number of halogens is 2. The van der Waals surface area contributed by atoms with Crippen molar-refractivity contribution >= 4 is 145 Å². The van der Waals surface area contributed by atoms with E-state index in [1.807, 2.05) is 20.8 Å². The molecule has 0 radical (unpaired) electrons. The fourth-order valence-corrected chi connectivity index (χ4v) is 18.0. The highest BCUT2D eigenvalue weighted by atomic mass is 35.7. The molecule has 7 atom stereocenters. The Bertz CT molecular complexity index is 5150. The average Bonchev–Trinajstić information content (AvgIpc) is 1.57. The van der Waals surface area contributed by atoms with Crippen molar-refractivity contribution in [2.75, 3.05) is 40.4 Å². The van der Waals surface area contributed by atoms with Crippen LogP contribution in [0, 0.1) is 40.5 Å². The molecule has 6 N–H and O–H groups in total. The summed E-state index contributed by atoms with van der Waals surface area (Å²) in [4.78, 5) is 158. The molecule has 0 aromatic heterocycles. The van der Waals surface area contributed by atoms with Crippen LogP contribution >= 0.6 is 23.1 Å². The number of methoxy groups -OCH3 is 2. The number of hydrogen-bond donors (Lipinski definition) is 5. The summed E-state index contributed by atoms with van der Waals surface area (Å²) in [6, 6.07) is 11.1. The zero-order valence-electron chi connectivity index (χ0n) is 76.1. The standard InChI is InChI=1S/C21H29N3O9S.C20H27N3O9S.C15H20N2O6S.C10H19NO4.C9H17NO2.C6H4ClNO4S.ClH/c1-21(2,3)33-18(25)12-11-16(20(27)32-4)22-19(26)17-6-5-13-23(17)34(30,31)15-9-7-14(8-10-15)24(28)29;1-20(2,3)32-17(24)11-10-15(19(26)27)21-18(25)16-5-4-12-22(16)33(30,31)14-8-6-13(7-9-14)23(28)29;1-15(2,3)23-14(18)13-5-4-10-16(13)24(21,22)12-8-6-11(7-9-12)17(19)20;1-10(2,3)15-8(12)6-5-7(11)9(13)14-4;1-9(2,3)12-8(11)7-5-4-6-10-7;7-13(11,12)6-3-1-5(2-4-6)8(9)10;/h7-10,16-17H,5-6,11-13H2,1-4H3,(H,22,26);6-9,15-16H,4-5,10-12H2,1-3H3,(H,21,25)(H,26,27);6-9,13H,4-5,10H2,1-3H3;7H,5-6,11H2,1-4H3;7,10H,4-6H2,1-3H3;1-4H;1H/t16-,17-;15-,16-;13-;2*7-;;/m00000../s1. The number of non-ortho nitro benzene ring substituents is 4. The lowest BCUT2D eigenvalue weighted by Gasteiger charge is -2.26. The van der Waals surface area contributed by atoms with E-state index in [0.717, 1.165) is 124 Å². The topological polar surface area (TPSA) is 636 Å². The van der Waals surface area contributed by atoms with Gasteiger partial charge in [0.25, 0.3) is 31.8 Å². The molecule has 738 valence electrons. The van der Waals surface area contributed by atoms with Crippen molar-refractivity contribution in [3.8, 4) is 0 Å². The third-order valence-corrected chi connectivity index (χ3v) is 25.2. The van der Waals surface area contributed by atoms with Crippen LogP contribution in [0.25, 0.3) is 0 Å². The second-order valence-electron chi connectivity index (χ2n) is 34.5. The summed E-state index contributed by atoms with van der Waals surface area (Å²) in [6.45, 7) is 27.5. The fourth-order valence-electron chi connectivity index (χ4n) is 12.3. The molecule has 51 heteroatoms. The molecule has 4 heterocycles. The van der Waals surface area contributed by atoms with Crippen molar-refractivity contribution in [3.05, 3.63) is 138 Å². The Morgan fingerprint density at radius 1 is 0.432 bits per heavy atom. The van der Waals surface area contributed by atoms with Crippen LogP contribution in [-0.2, 0) is 120 Å². The molecular formula is C81H117Cl2N11O34S4. The summed E-state index contributed by atoms with van der Waals surface area (Å²) in [5, 5.41) is 59.8. The third-order valence-electron chi connectivity index (χ3n) is 18.1. The van der Waals surface area contributed by atoms with Gasteiger partial charge in [-0.25, -0.2) is 43.3 Å². The molecule has 132 heavy (non-hydrogen) atoms. The monoisotopic (exact) mass is 1990 g/mol. The molecule has 4 aliphatic heterocycles. The Morgan fingerprint density at radius 2 is 0.712 bits per heavy atom. The van der Waals surface area contributed by atoms with Gasteiger partial charge in [0.05, 0.1) is 53.5 Å². The summed E-state index contributed by atoms with van der Waals surface area (Å²) < 4.78 is 137. The van der Waals surface area contributed by atoms with Gasteiger partial charge in [-0.05, 0) is 230 Å². The van der Waals surface area contributed by atoms with Gasteiger partial charge in [-0.15, -0.1) is 12.4 Å². The lowest BCUT2D eigenvalue weighted by molar-refractivity contribution is -0.385. The van der Waals surface area contributed by atoms with Gasteiger partial charge in [-0.2, -0.15) is 12.9 Å². The number of nitro groups is 4. The van der Waals surface area contributed by atoms with E-state index in [1.54, 1.807) is 83.1 Å². The maximum Gasteiger partial charge on any atom is 0.328 e. The molecule has 4 saturated heterocycles. The number of nitrogens with two attached hydrogens (primary N) is 1. The van der Waals surface area contributed by atoms with Crippen LogP contribution in [0.15, 0.2) is 117 Å². The first-order valence-corrected chi connectivity index (χ1v) is 47.4. The van der Waals surface area contributed by atoms with Crippen molar-refractivity contribution in [3.63, 3.8) is 0 Å². The summed E-state index contributed by atoms with van der Waals surface area (Å²) in [6.07, 6.45) is 3.74. The summed E-state index contributed by atoms with van der Waals surface area (Å²) in [5.41, 5.74) is 1.52. The highest BCUT2D eigenvalue weighted by Crippen LogP contribution is 2.33. The van der Waals surface area contributed by atoms with Crippen LogP contribution < -0.4 is 21.7 Å². The van der Waals surface area contributed by atoms with E-state index in [9.17, 15) is 127 Å². The number of carboxylic acid groups (broad SMARTS) is 1. The van der Waals surface area contributed by atoms with E-state index < -0.39 is 165 Å². The van der Waals surface area contributed by atoms with Crippen molar-refractivity contribution in [2.45, 2.75) is 284 Å². The molecule has 4 aromatic rings. The number of nitro benzene ring substituents is 4. The first-order chi connectivity index (χ1) is 60.2. The molecule has 0 aliphatic carbocycles. The van der Waals surface area contributed by atoms with Gasteiger partial charge in [0.15, 0.2) is 0 Å². The second-order valence-corrected chi connectivity index (χ2v) is 42.7. The van der Waals surface area contributed by atoms with Crippen molar-refractivity contribution < 1.29 is 140 Å². The Hall–Kier alpha value is -10.6. The molecule has 4 aliphatic rings. The zero-order valence-corrected chi connectivity index (χ0v) is 80.9. The Balaban J connectivity index is 0.000000559. The highest BCUT2D eigenvalue weighted by molar-refractivity contribution is 8.13. The molecule has 4 aromatic carbocycles. The predicted octanol–water partition coefficient (Wildman–Crippen LogP) is 8.69. The maximum atomic E-state index is 13.1. The molecule has 4 fully saturated rings. The molecule has 0 bridgehead atoms. The number of carbonyl (C=O) groups excluding carboxylic acids is 9. The van der Waals surface area contributed by atoms with E-state index in [-0.39, 0.29) is 149 Å². The van der Waals surface area contributed by atoms with Crippen LogP contribution in [0.5, 0.6) is 0 Å². The van der Waals surface area contributed by atoms with Crippen LogP contribution in [0.1, 0.15) is 194 Å². The number of carboxylic acids is 1. The number of carbonyl (C=O) groups is 10. The smallest absolute Gasteiger partial charge is 0.328 e. The van der Waals surface area contributed by atoms with Crippen molar-refractivity contribution in [1.29, 1.82) is 0 Å².